The van der Waals surface area contributed by atoms with Crippen molar-refractivity contribution in [1.82, 2.24) is 8.61 Å². The average molecular weight is 251 g/mol. The minimum Gasteiger partial charge on any atom is -0.379 e. The van der Waals surface area contributed by atoms with Crippen LogP contribution in [-0.2, 0) is 19.7 Å². The highest BCUT2D eigenvalue weighted by Crippen LogP contribution is 2.14. The SMILES string of the molecule is NC1COCCN1S(=O)(=O)N1CCOCC1. The number of nitrogens with zero attached hydrogens (tertiary/aromatic N) is 2. The Morgan fingerprint density at radius 2 is 1.69 bits per heavy atom. The second kappa shape index (κ2) is 4.94. The molecule has 1 atom stereocenters. The molecule has 0 aliphatic carbocycles. The van der Waals surface area contributed by atoms with Crippen molar-refractivity contribution in [2.75, 3.05) is 46.1 Å². The van der Waals surface area contributed by atoms with E-state index in [0.29, 0.717) is 39.5 Å². The van der Waals surface area contributed by atoms with Crippen LogP contribution in [0.3, 0.4) is 0 Å². The van der Waals surface area contributed by atoms with Crippen molar-refractivity contribution in [3.05, 3.63) is 0 Å². The van der Waals surface area contributed by atoms with Crippen LogP contribution in [0.1, 0.15) is 0 Å². The second-order valence-corrected chi connectivity index (χ2v) is 5.65. The first-order valence-electron chi connectivity index (χ1n) is 5.30. The van der Waals surface area contributed by atoms with E-state index in [2.05, 4.69) is 0 Å². The molecule has 1 unspecified atom stereocenters. The zero-order chi connectivity index (χ0) is 11.6. The predicted molar refractivity (Wildman–Crippen MR) is 56.8 cm³/mol. The summed E-state index contributed by atoms with van der Waals surface area (Å²) in [5.41, 5.74) is 5.74. The van der Waals surface area contributed by atoms with Crippen LogP contribution < -0.4 is 5.73 Å². The fourth-order valence-corrected chi connectivity index (χ4v) is 3.44. The molecule has 2 heterocycles. The van der Waals surface area contributed by atoms with Gasteiger partial charge in [-0.1, -0.05) is 0 Å². The first kappa shape index (κ1) is 12.2. The van der Waals surface area contributed by atoms with Crippen molar-refractivity contribution in [2.45, 2.75) is 6.17 Å². The van der Waals surface area contributed by atoms with Gasteiger partial charge in [0.15, 0.2) is 0 Å². The smallest absolute Gasteiger partial charge is 0.283 e. The van der Waals surface area contributed by atoms with Crippen LogP contribution in [-0.4, -0.2) is 69.3 Å². The normalized spacial score (nSPS) is 30.4. The summed E-state index contributed by atoms with van der Waals surface area (Å²) < 4.78 is 37.4. The Labute approximate surface area is 95.3 Å². The lowest BCUT2D eigenvalue weighted by Gasteiger charge is -2.37. The van der Waals surface area contributed by atoms with Crippen LogP contribution in [0.15, 0.2) is 0 Å². The summed E-state index contributed by atoms with van der Waals surface area (Å²) >= 11 is 0. The topological polar surface area (TPSA) is 85.1 Å². The van der Waals surface area contributed by atoms with E-state index < -0.39 is 16.4 Å². The third-order valence-electron chi connectivity index (χ3n) is 2.71. The van der Waals surface area contributed by atoms with E-state index in [9.17, 15) is 8.42 Å². The monoisotopic (exact) mass is 251 g/mol. The lowest BCUT2D eigenvalue weighted by atomic mass is 10.4. The van der Waals surface area contributed by atoms with Crippen molar-refractivity contribution in [3.8, 4) is 0 Å². The molecule has 8 heteroatoms. The van der Waals surface area contributed by atoms with Crippen molar-refractivity contribution >= 4 is 10.2 Å². The number of hydrogen-bond acceptors (Lipinski definition) is 5. The molecule has 2 aliphatic rings. The molecule has 94 valence electrons. The van der Waals surface area contributed by atoms with Gasteiger partial charge in [-0.2, -0.15) is 17.0 Å². The molecule has 16 heavy (non-hydrogen) atoms. The number of morpholine rings is 2. The Hall–Kier alpha value is -0.250. The summed E-state index contributed by atoms with van der Waals surface area (Å²) in [5.74, 6) is 0. The first-order valence-corrected chi connectivity index (χ1v) is 6.70. The van der Waals surface area contributed by atoms with E-state index in [1.54, 1.807) is 0 Å². The Morgan fingerprint density at radius 1 is 1.06 bits per heavy atom. The van der Waals surface area contributed by atoms with Crippen LogP contribution in [0.4, 0.5) is 0 Å². The van der Waals surface area contributed by atoms with Crippen LogP contribution >= 0.6 is 0 Å². The summed E-state index contributed by atoms with van der Waals surface area (Å²) in [6, 6.07) is 0. The highest BCUT2D eigenvalue weighted by atomic mass is 32.2. The van der Waals surface area contributed by atoms with Gasteiger partial charge in [0.1, 0.15) is 0 Å². The maximum absolute atomic E-state index is 12.2. The number of nitrogens with two attached hydrogens (primary N) is 1. The highest BCUT2D eigenvalue weighted by molar-refractivity contribution is 7.86. The molecule has 0 radical (unpaired) electrons. The summed E-state index contributed by atoms with van der Waals surface area (Å²) in [6.07, 6.45) is -0.582. The van der Waals surface area contributed by atoms with Gasteiger partial charge in [-0.15, -0.1) is 0 Å². The fraction of sp³-hybridized carbons (Fsp3) is 1.00. The number of ether oxygens (including phenoxy) is 2. The Kier molecular flexibility index (Phi) is 3.77. The van der Waals surface area contributed by atoms with Gasteiger partial charge < -0.3 is 15.2 Å². The summed E-state index contributed by atoms with van der Waals surface area (Å²) in [5, 5.41) is 0. The van der Waals surface area contributed by atoms with Gasteiger partial charge in [-0.3, -0.25) is 0 Å². The summed E-state index contributed by atoms with van der Waals surface area (Å²) in [6.45, 7) is 2.65. The zero-order valence-electron chi connectivity index (χ0n) is 9.04. The molecule has 0 aromatic rings. The maximum atomic E-state index is 12.2. The quantitative estimate of drug-likeness (QED) is 0.624. The number of hydrogen-bond donors (Lipinski definition) is 1. The lowest BCUT2D eigenvalue weighted by molar-refractivity contribution is 0.0264. The minimum absolute atomic E-state index is 0.254. The van der Waals surface area contributed by atoms with Gasteiger partial charge in [0, 0.05) is 19.6 Å². The predicted octanol–water partition coefficient (Wildman–Crippen LogP) is -1.82. The molecule has 0 bridgehead atoms. The molecule has 0 amide bonds. The van der Waals surface area contributed by atoms with E-state index in [4.69, 9.17) is 15.2 Å². The third-order valence-corrected chi connectivity index (χ3v) is 4.77. The Morgan fingerprint density at radius 3 is 2.31 bits per heavy atom. The fourth-order valence-electron chi connectivity index (χ4n) is 1.82. The first-order chi connectivity index (χ1) is 7.62. The van der Waals surface area contributed by atoms with Crippen molar-refractivity contribution in [3.63, 3.8) is 0 Å². The molecule has 2 fully saturated rings. The van der Waals surface area contributed by atoms with Gasteiger partial charge in [-0.05, 0) is 0 Å². The maximum Gasteiger partial charge on any atom is 0.283 e. The van der Waals surface area contributed by atoms with Gasteiger partial charge in [0.05, 0.1) is 32.6 Å². The second-order valence-electron chi connectivity index (χ2n) is 3.77. The van der Waals surface area contributed by atoms with E-state index in [1.165, 1.54) is 8.61 Å². The zero-order valence-corrected chi connectivity index (χ0v) is 9.86. The molecular weight excluding hydrogens is 234 g/mol. The van der Waals surface area contributed by atoms with E-state index >= 15 is 0 Å². The van der Waals surface area contributed by atoms with E-state index in [0.717, 1.165) is 0 Å². The van der Waals surface area contributed by atoms with Gasteiger partial charge in [-0.25, -0.2) is 0 Å². The summed E-state index contributed by atoms with van der Waals surface area (Å²) in [7, 11) is -3.45. The van der Waals surface area contributed by atoms with Crippen LogP contribution in [0.25, 0.3) is 0 Å². The van der Waals surface area contributed by atoms with Crippen molar-refractivity contribution in [1.29, 1.82) is 0 Å². The molecular formula is C8H17N3O4S. The van der Waals surface area contributed by atoms with Crippen LogP contribution in [0.2, 0.25) is 0 Å². The lowest BCUT2D eigenvalue weighted by Crippen LogP contribution is -2.58. The Balaban J connectivity index is 2.10. The molecule has 2 rings (SSSR count). The van der Waals surface area contributed by atoms with Crippen molar-refractivity contribution < 1.29 is 17.9 Å². The molecule has 0 aromatic carbocycles. The van der Waals surface area contributed by atoms with Crippen molar-refractivity contribution in [2.24, 2.45) is 5.73 Å². The Bertz CT molecular complexity index is 328. The molecule has 7 nitrogen and oxygen atoms in total. The standard InChI is InChI=1S/C8H17N3O4S/c9-8-7-15-6-3-11(8)16(12,13)10-1-4-14-5-2-10/h8H,1-7,9H2. The molecule has 0 saturated carbocycles. The molecule has 2 N–H and O–H groups in total. The molecule has 2 aliphatic heterocycles. The molecule has 0 aromatic heterocycles. The van der Waals surface area contributed by atoms with Crippen LogP contribution in [0, 0.1) is 0 Å². The van der Waals surface area contributed by atoms with E-state index in [-0.39, 0.29) is 6.61 Å². The number of rotatable bonds is 2. The van der Waals surface area contributed by atoms with Gasteiger partial charge in [0.25, 0.3) is 10.2 Å². The average Bonchev–Trinajstić information content (AvgIpc) is 2.30. The molecule has 0 spiro atoms. The van der Waals surface area contributed by atoms with Gasteiger partial charge in [0.2, 0.25) is 0 Å². The highest BCUT2D eigenvalue weighted by Gasteiger charge is 2.35. The third kappa shape index (κ3) is 2.36. The summed E-state index contributed by atoms with van der Waals surface area (Å²) in [4.78, 5) is 0. The minimum atomic E-state index is -3.45. The molecule has 2 saturated heterocycles. The van der Waals surface area contributed by atoms with E-state index in [1.807, 2.05) is 0 Å². The van der Waals surface area contributed by atoms with Crippen LogP contribution in [0.5, 0.6) is 0 Å². The van der Waals surface area contributed by atoms with Gasteiger partial charge >= 0.3 is 0 Å². The largest absolute Gasteiger partial charge is 0.379 e.